The summed E-state index contributed by atoms with van der Waals surface area (Å²) in [7, 11) is 3.02. The lowest BCUT2D eigenvalue weighted by atomic mass is 9.97. The first-order valence-electron chi connectivity index (χ1n) is 10.3. The summed E-state index contributed by atoms with van der Waals surface area (Å²) in [5, 5.41) is 4.01. The Labute approximate surface area is 198 Å². The Bertz CT molecular complexity index is 1210. The van der Waals surface area contributed by atoms with Crippen molar-refractivity contribution in [2.75, 3.05) is 25.3 Å². The Balaban J connectivity index is 1.34. The first kappa shape index (κ1) is 22.9. The van der Waals surface area contributed by atoms with Crippen LogP contribution < -0.4 is 20.3 Å². The van der Waals surface area contributed by atoms with Gasteiger partial charge in [-0.2, -0.15) is 11.8 Å². The van der Waals surface area contributed by atoms with Crippen LogP contribution in [0.3, 0.4) is 0 Å². The summed E-state index contributed by atoms with van der Waals surface area (Å²) in [6.45, 7) is 0. The van der Waals surface area contributed by atoms with Gasteiger partial charge in [0.25, 0.3) is 5.56 Å². The highest BCUT2D eigenvalue weighted by atomic mass is 35.5. The van der Waals surface area contributed by atoms with E-state index in [2.05, 4.69) is 15.3 Å². The van der Waals surface area contributed by atoms with Crippen LogP contribution in [-0.4, -0.2) is 35.8 Å². The van der Waals surface area contributed by atoms with E-state index in [1.165, 1.54) is 31.1 Å². The molecule has 2 N–H and O–H groups in total. The second-order valence-electron chi connectivity index (χ2n) is 7.44. The van der Waals surface area contributed by atoms with Crippen LogP contribution in [0, 0.1) is 0 Å². The van der Waals surface area contributed by atoms with Crippen LogP contribution in [0.15, 0.2) is 16.9 Å². The zero-order valence-electron chi connectivity index (χ0n) is 17.9. The minimum atomic E-state index is -0.150. The van der Waals surface area contributed by atoms with Gasteiger partial charge in [0.2, 0.25) is 5.91 Å². The van der Waals surface area contributed by atoms with Gasteiger partial charge in [0.05, 0.1) is 36.1 Å². The number of thioether (sulfide) groups is 1. The number of fused-ring (bicyclic) bond motifs is 3. The molecule has 0 saturated carbocycles. The third-order valence-corrected chi connectivity index (χ3v) is 7.79. The molecule has 0 atom stereocenters. The number of nitrogens with zero attached hydrogens (tertiary/aromatic N) is 1. The monoisotopic (exact) mass is 493 g/mol. The number of thiophene rings is 1. The second-order valence-corrected chi connectivity index (χ2v) is 10.0. The molecule has 0 fully saturated rings. The molecule has 0 aliphatic heterocycles. The van der Waals surface area contributed by atoms with Gasteiger partial charge in [-0.1, -0.05) is 11.6 Å². The first-order valence-corrected chi connectivity index (χ1v) is 12.7. The van der Waals surface area contributed by atoms with E-state index < -0.39 is 0 Å². The van der Waals surface area contributed by atoms with Crippen LogP contribution in [-0.2, 0) is 23.4 Å². The molecule has 32 heavy (non-hydrogen) atoms. The van der Waals surface area contributed by atoms with Crippen molar-refractivity contribution in [1.82, 2.24) is 9.97 Å². The molecule has 0 unspecified atom stereocenters. The van der Waals surface area contributed by atoms with Gasteiger partial charge in [0.1, 0.15) is 22.2 Å². The molecule has 4 rings (SSSR count). The first-order chi connectivity index (χ1) is 15.5. The summed E-state index contributed by atoms with van der Waals surface area (Å²) in [5.41, 5.74) is 1.64. The minimum absolute atomic E-state index is 0.0495. The quantitative estimate of drug-likeness (QED) is 0.438. The minimum Gasteiger partial charge on any atom is -0.495 e. The summed E-state index contributed by atoms with van der Waals surface area (Å²) in [5.74, 6) is 2.54. The number of benzene rings is 1. The fraction of sp³-hybridized carbons (Fsp3) is 0.409. The van der Waals surface area contributed by atoms with Crippen LogP contribution in [0.4, 0.5) is 5.69 Å². The number of aryl methyl sites for hydroxylation is 2. The molecule has 0 saturated heterocycles. The summed E-state index contributed by atoms with van der Waals surface area (Å²) >= 11 is 9.30. The van der Waals surface area contributed by atoms with Gasteiger partial charge < -0.3 is 19.8 Å². The van der Waals surface area contributed by atoms with Crippen LogP contribution in [0.5, 0.6) is 11.5 Å². The number of carbonyl (C=O) groups is 1. The Morgan fingerprint density at radius 1 is 1.25 bits per heavy atom. The van der Waals surface area contributed by atoms with Gasteiger partial charge in [0.15, 0.2) is 0 Å². The van der Waals surface area contributed by atoms with E-state index in [0.717, 1.165) is 29.5 Å². The molecule has 7 nitrogen and oxygen atoms in total. The molecule has 1 aliphatic carbocycles. The van der Waals surface area contributed by atoms with Crippen molar-refractivity contribution >= 4 is 56.5 Å². The molecule has 2 aromatic heterocycles. The highest BCUT2D eigenvalue weighted by Gasteiger charge is 2.20. The summed E-state index contributed by atoms with van der Waals surface area (Å²) in [6, 6.07) is 3.24. The number of anilines is 1. The van der Waals surface area contributed by atoms with Crippen molar-refractivity contribution in [2.45, 2.75) is 37.9 Å². The van der Waals surface area contributed by atoms with Gasteiger partial charge >= 0.3 is 0 Å². The van der Waals surface area contributed by atoms with E-state index in [1.54, 1.807) is 35.2 Å². The maximum absolute atomic E-state index is 12.6. The molecule has 0 bridgehead atoms. The van der Waals surface area contributed by atoms with E-state index in [1.807, 2.05) is 0 Å². The standard InChI is InChI=1S/C22H24ClN3O4S2/c1-29-15-10-14(16(30-2)9-13(15)23)24-19(27)7-8-31-11-18-25-21(28)20-12-5-3-4-6-17(12)32-22(20)26-18/h9-10H,3-8,11H2,1-2H3,(H,24,27)(H,25,26,28). The molecule has 3 aromatic rings. The average Bonchev–Trinajstić information content (AvgIpc) is 3.16. The summed E-state index contributed by atoms with van der Waals surface area (Å²) in [4.78, 5) is 34.7. The van der Waals surface area contributed by atoms with Crippen molar-refractivity contribution in [3.8, 4) is 11.5 Å². The molecule has 1 amide bonds. The molecular formula is C22H24ClN3O4S2. The lowest BCUT2D eigenvalue weighted by molar-refractivity contribution is -0.115. The number of carbonyl (C=O) groups excluding carboxylic acids is 1. The Hall–Kier alpha value is -2.23. The van der Waals surface area contributed by atoms with Crippen molar-refractivity contribution in [3.05, 3.63) is 43.8 Å². The third kappa shape index (κ3) is 4.89. The van der Waals surface area contributed by atoms with E-state index >= 15 is 0 Å². The number of nitrogens with one attached hydrogen (secondary N) is 2. The number of H-pyrrole nitrogens is 1. The number of ether oxygens (including phenoxy) is 2. The predicted molar refractivity (Wildman–Crippen MR) is 131 cm³/mol. The zero-order valence-corrected chi connectivity index (χ0v) is 20.3. The number of rotatable bonds is 8. The molecule has 1 aromatic carbocycles. The lowest BCUT2D eigenvalue weighted by Gasteiger charge is -2.13. The van der Waals surface area contributed by atoms with Crippen molar-refractivity contribution in [3.63, 3.8) is 0 Å². The number of aromatic nitrogens is 2. The summed E-state index contributed by atoms with van der Waals surface area (Å²) in [6.07, 6.45) is 4.62. The van der Waals surface area contributed by atoms with Gasteiger partial charge in [-0.15, -0.1) is 11.3 Å². The Morgan fingerprint density at radius 2 is 2.03 bits per heavy atom. The zero-order chi connectivity index (χ0) is 22.7. The number of methoxy groups -OCH3 is 2. The number of amides is 1. The second kappa shape index (κ2) is 10.1. The van der Waals surface area contributed by atoms with Gasteiger partial charge in [-0.05, 0) is 31.2 Å². The van der Waals surface area contributed by atoms with Crippen molar-refractivity contribution < 1.29 is 14.3 Å². The smallest absolute Gasteiger partial charge is 0.259 e. The number of hydrogen-bond donors (Lipinski definition) is 2. The Kier molecular flexibility index (Phi) is 7.27. The molecule has 2 heterocycles. The van der Waals surface area contributed by atoms with Crippen LogP contribution in [0.1, 0.15) is 35.5 Å². The van der Waals surface area contributed by atoms with Crippen LogP contribution in [0.25, 0.3) is 10.2 Å². The maximum atomic E-state index is 12.6. The van der Waals surface area contributed by atoms with Crippen molar-refractivity contribution in [1.29, 1.82) is 0 Å². The van der Waals surface area contributed by atoms with Crippen molar-refractivity contribution in [2.24, 2.45) is 0 Å². The topological polar surface area (TPSA) is 93.3 Å². The van der Waals surface area contributed by atoms with Gasteiger partial charge in [0, 0.05) is 29.2 Å². The Morgan fingerprint density at radius 3 is 2.81 bits per heavy atom. The fourth-order valence-electron chi connectivity index (χ4n) is 3.78. The molecular weight excluding hydrogens is 470 g/mol. The molecule has 1 aliphatic rings. The fourth-order valence-corrected chi connectivity index (χ4v) is 6.10. The molecule has 0 spiro atoms. The van der Waals surface area contributed by atoms with Gasteiger partial charge in [-0.25, -0.2) is 4.98 Å². The molecule has 0 radical (unpaired) electrons. The maximum Gasteiger partial charge on any atom is 0.259 e. The third-order valence-electron chi connectivity index (χ3n) is 5.33. The average molecular weight is 494 g/mol. The highest BCUT2D eigenvalue weighted by molar-refractivity contribution is 7.98. The lowest BCUT2D eigenvalue weighted by Crippen LogP contribution is -2.14. The SMILES string of the molecule is COc1cc(NC(=O)CCSCc2nc3sc4c(c3c(=O)[nH]2)CCCC4)c(OC)cc1Cl. The number of halogens is 1. The van der Waals surface area contributed by atoms with Crippen LogP contribution in [0.2, 0.25) is 5.02 Å². The normalized spacial score (nSPS) is 13.1. The van der Waals surface area contributed by atoms with E-state index in [-0.39, 0.29) is 11.5 Å². The molecule has 170 valence electrons. The predicted octanol–water partition coefficient (Wildman–Crippen LogP) is 4.80. The number of aromatic amines is 1. The van der Waals surface area contributed by atoms with E-state index in [0.29, 0.717) is 46.0 Å². The van der Waals surface area contributed by atoms with Crippen LogP contribution >= 0.6 is 34.7 Å². The van der Waals surface area contributed by atoms with Gasteiger partial charge in [-0.3, -0.25) is 9.59 Å². The molecule has 10 heteroatoms. The van der Waals surface area contributed by atoms with E-state index in [9.17, 15) is 9.59 Å². The largest absolute Gasteiger partial charge is 0.495 e. The summed E-state index contributed by atoms with van der Waals surface area (Å²) < 4.78 is 10.5. The highest BCUT2D eigenvalue weighted by Crippen LogP contribution is 2.36. The van der Waals surface area contributed by atoms with E-state index in [4.69, 9.17) is 21.1 Å². The number of hydrogen-bond acceptors (Lipinski definition) is 7.